The average Bonchev–Trinajstić information content (AvgIpc) is 2.76. The third-order valence-corrected chi connectivity index (χ3v) is 5.27. The minimum absolute atomic E-state index is 0.111. The minimum atomic E-state index is -0.202. The van der Waals surface area contributed by atoms with E-state index in [1.807, 2.05) is 0 Å². The van der Waals surface area contributed by atoms with Crippen LogP contribution in [-0.2, 0) is 11.8 Å². The molecular weight excluding hydrogens is 266 g/mol. The van der Waals surface area contributed by atoms with E-state index >= 15 is 0 Å². The van der Waals surface area contributed by atoms with Crippen LogP contribution in [0.5, 0.6) is 0 Å². The lowest BCUT2D eigenvalue weighted by Crippen LogP contribution is -2.24. The van der Waals surface area contributed by atoms with Crippen LogP contribution in [0.4, 0.5) is 0 Å². The van der Waals surface area contributed by atoms with E-state index in [9.17, 15) is 5.11 Å². The summed E-state index contributed by atoms with van der Waals surface area (Å²) in [6.45, 7) is 6.57. The van der Waals surface area contributed by atoms with Gasteiger partial charge in [-0.15, -0.1) is 11.3 Å². The maximum atomic E-state index is 10.5. The molecule has 1 heterocycles. The van der Waals surface area contributed by atoms with Crippen LogP contribution in [0, 0.1) is 5.92 Å². The van der Waals surface area contributed by atoms with Crippen LogP contribution in [-0.4, -0.2) is 16.2 Å². The van der Waals surface area contributed by atoms with Crippen LogP contribution in [0.25, 0.3) is 0 Å². The molecule has 0 saturated heterocycles. The lowest BCUT2D eigenvalue weighted by Gasteiger charge is -2.24. The van der Waals surface area contributed by atoms with Gasteiger partial charge in [-0.05, 0) is 18.8 Å². The van der Waals surface area contributed by atoms with Crippen molar-refractivity contribution in [1.29, 1.82) is 0 Å². The highest BCUT2D eigenvalue weighted by Gasteiger charge is 2.23. The summed E-state index contributed by atoms with van der Waals surface area (Å²) in [5, 5.41) is 13.8. The molecule has 1 aliphatic carbocycles. The second kappa shape index (κ2) is 7.04. The third kappa shape index (κ3) is 4.56. The van der Waals surface area contributed by atoms with Crippen LogP contribution >= 0.6 is 11.3 Å². The summed E-state index contributed by atoms with van der Waals surface area (Å²) in [5.41, 5.74) is 1.27. The maximum Gasteiger partial charge on any atom is 0.0954 e. The van der Waals surface area contributed by atoms with E-state index in [2.05, 4.69) is 26.2 Å². The first-order chi connectivity index (χ1) is 9.47. The number of hydrogen-bond acceptors (Lipinski definition) is 3. The smallest absolute Gasteiger partial charge is 0.0954 e. The highest BCUT2D eigenvalue weighted by Crippen LogP contribution is 2.29. The zero-order valence-electron chi connectivity index (χ0n) is 13.2. The van der Waals surface area contributed by atoms with Gasteiger partial charge in [-0.1, -0.05) is 52.9 Å². The molecule has 1 unspecified atom stereocenters. The Kier molecular flexibility index (Phi) is 5.62. The first-order valence-electron chi connectivity index (χ1n) is 8.10. The van der Waals surface area contributed by atoms with Crippen LogP contribution in [0.2, 0.25) is 0 Å². The molecule has 1 atom stereocenters. The Morgan fingerprint density at radius 2 is 1.80 bits per heavy atom. The van der Waals surface area contributed by atoms with Gasteiger partial charge < -0.3 is 5.11 Å². The van der Waals surface area contributed by atoms with Gasteiger partial charge in [0.2, 0.25) is 0 Å². The van der Waals surface area contributed by atoms with Crippen molar-refractivity contribution in [3.05, 3.63) is 16.1 Å². The van der Waals surface area contributed by atoms with Gasteiger partial charge in [0.15, 0.2) is 0 Å². The van der Waals surface area contributed by atoms with Gasteiger partial charge in [0.05, 0.1) is 16.8 Å². The summed E-state index contributed by atoms with van der Waals surface area (Å²) in [4.78, 5) is 4.72. The fraction of sp³-hybridized carbons (Fsp3) is 0.824. The lowest BCUT2D eigenvalue weighted by atomic mass is 9.86. The zero-order chi connectivity index (χ0) is 14.6. The van der Waals surface area contributed by atoms with Gasteiger partial charge in [-0.25, -0.2) is 4.98 Å². The van der Waals surface area contributed by atoms with Gasteiger partial charge in [-0.2, -0.15) is 0 Å². The fourth-order valence-corrected chi connectivity index (χ4v) is 4.04. The third-order valence-electron chi connectivity index (χ3n) is 4.40. The molecule has 1 aromatic rings. The summed E-state index contributed by atoms with van der Waals surface area (Å²) in [6.07, 6.45) is 9.56. The van der Waals surface area contributed by atoms with E-state index in [1.54, 1.807) is 11.3 Å². The van der Waals surface area contributed by atoms with Crippen molar-refractivity contribution in [2.24, 2.45) is 5.92 Å². The van der Waals surface area contributed by atoms with E-state index in [4.69, 9.17) is 4.98 Å². The van der Waals surface area contributed by atoms with Crippen molar-refractivity contribution in [3.8, 4) is 0 Å². The first kappa shape index (κ1) is 16.0. The van der Waals surface area contributed by atoms with Gasteiger partial charge in [0.25, 0.3) is 0 Å². The molecule has 20 heavy (non-hydrogen) atoms. The van der Waals surface area contributed by atoms with Gasteiger partial charge in [0.1, 0.15) is 0 Å². The van der Waals surface area contributed by atoms with Gasteiger partial charge in [-0.3, -0.25) is 0 Å². The van der Waals surface area contributed by atoms with Crippen LogP contribution in [0.1, 0.15) is 76.4 Å². The van der Waals surface area contributed by atoms with Crippen molar-refractivity contribution in [3.63, 3.8) is 0 Å². The van der Waals surface area contributed by atoms with E-state index < -0.39 is 0 Å². The predicted octanol–water partition coefficient (Wildman–Crippen LogP) is 4.70. The number of nitrogens with zero attached hydrogens (tertiary/aromatic N) is 1. The molecule has 0 aliphatic heterocycles. The van der Waals surface area contributed by atoms with Crippen molar-refractivity contribution >= 4 is 11.3 Å². The van der Waals surface area contributed by atoms with Crippen molar-refractivity contribution in [1.82, 2.24) is 4.98 Å². The number of aliphatic hydroxyl groups excluding tert-OH is 1. The van der Waals surface area contributed by atoms with E-state index in [-0.39, 0.29) is 11.5 Å². The Hall–Kier alpha value is -0.410. The normalized spacial score (nSPS) is 20.4. The summed E-state index contributed by atoms with van der Waals surface area (Å²) in [7, 11) is 0. The molecule has 0 radical (unpaired) electrons. The Morgan fingerprint density at radius 1 is 1.20 bits per heavy atom. The molecule has 1 aliphatic rings. The molecule has 2 nitrogen and oxygen atoms in total. The van der Waals surface area contributed by atoms with Crippen molar-refractivity contribution in [2.75, 3.05) is 0 Å². The zero-order valence-corrected chi connectivity index (χ0v) is 14.0. The molecule has 1 saturated carbocycles. The Labute approximate surface area is 127 Å². The standard InChI is InChI=1S/C17H29NOS/c1-17(2,3)15-12-20-16(18-15)11-14(19)13-9-7-5-4-6-8-10-13/h12-14,19H,4-11H2,1-3H3. The molecule has 0 spiro atoms. The second-order valence-corrected chi connectivity index (χ2v) is 8.20. The second-order valence-electron chi connectivity index (χ2n) is 7.25. The van der Waals surface area contributed by atoms with Gasteiger partial charge in [0, 0.05) is 17.2 Å². The minimum Gasteiger partial charge on any atom is -0.392 e. The largest absolute Gasteiger partial charge is 0.392 e. The molecular formula is C17H29NOS. The molecule has 2 rings (SSSR count). The SMILES string of the molecule is CC(C)(C)c1csc(CC(O)C2CCCCCCC2)n1. The van der Waals surface area contributed by atoms with Crippen LogP contribution < -0.4 is 0 Å². The monoisotopic (exact) mass is 295 g/mol. The highest BCUT2D eigenvalue weighted by atomic mass is 32.1. The molecule has 1 fully saturated rings. The predicted molar refractivity (Wildman–Crippen MR) is 86.3 cm³/mol. The van der Waals surface area contributed by atoms with Gasteiger partial charge >= 0.3 is 0 Å². The molecule has 3 heteroatoms. The molecule has 0 amide bonds. The highest BCUT2D eigenvalue weighted by molar-refractivity contribution is 7.09. The fourth-order valence-electron chi connectivity index (χ4n) is 2.97. The summed E-state index contributed by atoms with van der Waals surface area (Å²) < 4.78 is 0. The molecule has 0 aromatic carbocycles. The number of aromatic nitrogens is 1. The van der Waals surface area contributed by atoms with E-state index in [1.165, 1.54) is 44.9 Å². The lowest BCUT2D eigenvalue weighted by molar-refractivity contribution is 0.0912. The summed E-state index contributed by atoms with van der Waals surface area (Å²) in [5.74, 6) is 0.484. The van der Waals surface area contributed by atoms with Crippen molar-refractivity contribution in [2.45, 2.75) is 83.7 Å². The Bertz CT molecular complexity index is 399. The first-order valence-corrected chi connectivity index (χ1v) is 8.98. The van der Waals surface area contributed by atoms with Crippen molar-refractivity contribution < 1.29 is 5.11 Å². The van der Waals surface area contributed by atoms with Crippen LogP contribution in [0.3, 0.4) is 0 Å². The Balaban J connectivity index is 1.92. The maximum absolute atomic E-state index is 10.5. The topological polar surface area (TPSA) is 33.1 Å². The molecule has 0 bridgehead atoms. The summed E-state index contributed by atoms with van der Waals surface area (Å²) in [6, 6.07) is 0. The number of hydrogen-bond donors (Lipinski definition) is 1. The average molecular weight is 295 g/mol. The number of rotatable bonds is 3. The Morgan fingerprint density at radius 3 is 2.35 bits per heavy atom. The quantitative estimate of drug-likeness (QED) is 0.876. The molecule has 114 valence electrons. The van der Waals surface area contributed by atoms with Crippen LogP contribution in [0.15, 0.2) is 5.38 Å². The number of thiazole rings is 1. The van der Waals surface area contributed by atoms with E-state index in [0.717, 1.165) is 17.1 Å². The molecule has 1 N–H and O–H groups in total. The van der Waals surface area contributed by atoms with E-state index in [0.29, 0.717) is 5.92 Å². The number of aliphatic hydroxyl groups is 1. The molecule has 1 aromatic heterocycles. The summed E-state index contributed by atoms with van der Waals surface area (Å²) >= 11 is 1.71.